The Morgan fingerprint density at radius 1 is 1.45 bits per heavy atom. The van der Waals surface area contributed by atoms with Crippen LogP contribution < -0.4 is 0 Å². The minimum atomic E-state index is -4.75. The highest BCUT2D eigenvalue weighted by atomic mass is 19.4. The first-order valence-electron chi connectivity index (χ1n) is 2.99. The lowest BCUT2D eigenvalue weighted by Gasteiger charge is -2.14. The summed E-state index contributed by atoms with van der Waals surface area (Å²) in [6, 6.07) is 0. The van der Waals surface area contributed by atoms with Crippen LogP contribution in [0, 0.1) is 5.41 Å². The van der Waals surface area contributed by atoms with Gasteiger partial charge in [-0.25, -0.2) is 4.39 Å². The zero-order valence-corrected chi connectivity index (χ0v) is 5.70. The number of aldehydes is 1. The average Bonchev–Trinajstić information content (AvgIpc) is 2.33. The first-order chi connectivity index (χ1) is 4.77. The van der Waals surface area contributed by atoms with E-state index in [-0.39, 0.29) is 6.29 Å². The predicted molar refractivity (Wildman–Crippen MR) is 28.7 cm³/mol. The van der Waals surface area contributed by atoms with Crippen LogP contribution in [-0.2, 0) is 4.79 Å². The van der Waals surface area contributed by atoms with E-state index < -0.39 is 23.7 Å². The summed E-state index contributed by atoms with van der Waals surface area (Å²) in [6.45, 7) is 0.787. The summed E-state index contributed by atoms with van der Waals surface area (Å²) in [7, 11) is 0. The van der Waals surface area contributed by atoms with Gasteiger partial charge in [-0.1, -0.05) is 0 Å². The largest absolute Gasteiger partial charge is 0.404 e. The third-order valence-corrected chi connectivity index (χ3v) is 2.12. The van der Waals surface area contributed by atoms with E-state index in [1.807, 2.05) is 0 Å². The Labute approximate surface area is 60.4 Å². The number of hydrogen-bond acceptors (Lipinski definition) is 1. The van der Waals surface area contributed by atoms with Crippen molar-refractivity contribution in [3.8, 4) is 0 Å². The minimum absolute atomic E-state index is 0.340. The molecule has 11 heavy (non-hydrogen) atoms. The fourth-order valence-electron chi connectivity index (χ4n) is 1.11. The Bertz CT molecular complexity index is 195. The van der Waals surface area contributed by atoms with Crippen LogP contribution in [0.4, 0.5) is 17.6 Å². The molecule has 0 N–H and O–H groups in total. The van der Waals surface area contributed by atoms with Crippen molar-refractivity contribution in [1.29, 1.82) is 0 Å². The quantitative estimate of drug-likeness (QED) is 0.433. The number of hydrogen-bond donors (Lipinski definition) is 0. The number of carbonyl (C=O) groups is 1. The van der Waals surface area contributed by atoms with Gasteiger partial charge in [0, 0.05) is 6.42 Å². The topological polar surface area (TPSA) is 17.1 Å². The van der Waals surface area contributed by atoms with Crippen LogP contribution in [0.3, 0.4) is 0 Å². The standard InChI is InChI=1S/C6H6F4O/c1-4(7)2-5(4,3-11)6(8,9)10/h3H,2H2,1H3. The molecule has 0 spiro atoms. The maximum Gasteiger partial charge on any atom is 0.404 e. The molecule has 0 radical (unpaired) electrons. The lowest BCUT2D eigenvalue weighted by Crippen LogP contribution is -2.32. The average molecular weight is 170 g/mol. The van der Waals surface area contributed by atoms with Crippen molar-refractivity contribution < 1.29 is 22.4 Å². The highest BCUT2D eigenvalue weighted by molar-refractivity contribution is 5.69. The predicted octanol–water partition coefficient (Wildman–Crippen LogP) is 1.87. The van der Waals surface area contributed by atoms with Crippen LogP contribution >= 0.6 is 0 Å². The van der Waals surface area contributed by atoms with Gasteiger partial charge in [0.15, 0.2) is 5.41 Å². The van der Waals surface area contributed by atoms with Crippen molar-refractivity contribution in [3.63, 3.8) is 0 Å². The van der Waals surface area contributed by atoms with Crippen LogP contribution in [-0.4, -0.2) is 18.1 Å². The molecule has 0 bridgehead atoms. The van der Waals surface area contributed by atoms with Gasteiger partial charge in [-0.05, 0) is 6.92 Å². The van der Waals surface area contributed by atoms with Crippen LogP contribution in [0.25, 0.3) is 0 Å². The Kier molecular flexibility index (Phi) is 1.36. The third kappa shape index (κ3) is 0.862. The molecule has 1 rings (SSSR count). The molecular formula is C6H6F4O. The van der Waals surface area contributed by atoms with E-state index in [1.165, 1.54) is 0 Å². The van der Waals surface area contributed by atoms with E-state index in [9.17, 15) is 22.4 Å². The first kappa shape index (κ1) is 8.49. The smallest absolute Gasteiger partial charge is 0.302 e. The first-order valence-corrected chi connectivity index (χ1v) is 2.99. The summed E-state index contributed by atoms with van der Waals surface area (Å²) >= 11 is 0. The number of alkyl halides is 4. The molecule has 2 unspecified atom stereocenters. The molecule has 0 aromatic carbocycles. The van der Waals surface area contributed by atoms with Crippen LogP contribution in [0.5, 0.6) is 0 Å². The zero-order chi connectivity index (χ0) is 8.91. The zero-order valence-electron chi connectivity index (χ0n) is 5.70. The van der Waals surface area contributed by atoms with Gasteiger partial charge in [-0.2, -0.15) is 13.2 Å². The van der Waals surface area contributed by atoms with Crippen molar-refractivity contribution in [2.75, 3.05) is 0 Å². The second-order valence-corrected chi connectivity index (χ2v) is 2.96. The SMILES string of the molecule is CC1(F)CC1(C=O)C(F)(F)F. The van der Waals surface area contributed by atoms with Gasteiger partial charge in [0.1, 0.15) is 12.0 Å². The summed E-state index contributed by atoms with van der Waals surface area (Å²) < 4.78 is 48.4. The Morgan fingerprint density at radius 2 is 1.82 bits per heavy atom. The number of halogens is 4. The molecule has 0 aromatic rings. The maximum absolute atomic E-state index is 12.7. The van der Waals surface area contributed by atoms with Gasteiger partial charge in [0.05, 0.1) is 0 Å². The maximum atomic E-state index is 12.7. The van der Waals surface area contributed by atoms with E-state index in [4.69, 9.17) is 0 Å². The molecule has 0 saturated heterocycles. The highest BCUT2D eigenvalue weighted by Crippen LogP contribution is 2.65. The van der Waals surface area contributed by atoms with E-state index in [2.05, 4.69) is 0 Å². The molecule has 0 amide bonds. The fourth-order valence-corrected chi connectivity index (χ4v) is 1.11. The summed E-state index contributed by atoms with van der Waals surface area (Å²) in [6.07, 6.45) is -5.84. The molecule has 0 aromatic heterocycles. The highest BCUT2D eigenvalue weighted by Gasteiger charge is 2.79. The van der Waals surface area contributed by atoms with Crippen molar-refractivity contribution in [2.24, 2.45) is 5.41 Å². The van der Waals surface area contributed by atoms with Crippen molar-refractivity contribution in [2.45, 2.75) is 25.2 Å². The molecule has 1 aliphatic rings. The van der Waals surface area contributed by atoms with E-state index in [0.717, 1.165) is 6.92 Å². The summed E-state index contributed by atoms with van der Waals surface area (Å²) in [5, 5.41) is 0. The van der Waals surface area contributed by atoms with Gasteiger partial charge in [0.25, 0.3) is 0 Å². The third-order valence-electron chi connectivity index (χ3n) is 2.12. The summed E-state index contributed by atoms with van der Waals surface area (Å²) in [5.74, 6) is 0. The Morgan fingerprint density at radius 3 is 1.82 bits per heavy atom. The van der Waals surface area contributed by atoms with Gasteiger partial charge >= 0.3 is 6.18 Å². The van der Waals surface area contributed by atoms with E-state index in [1.54, 1.807) is 0 Å². The van der Waals surface area contributed by atoms with Crippen LogP contribution in [0.2, 0.25) is 0 Å². The molecule has 1 fully saturated rings. The van der Waals surface area contributed by atoms with Gasteiger partial charge in [-0.15, -0.1) is 0 Å². The monoisotopic (exact) mass is 170 g/mol. The summed E-state index contributed by atoms with van der Waals surface area (Å²) in [4.78, 5) is 9.99. The Hall–Kier alpha value is -0.610. The number of carbonyl (C=O) groups excluding carboxylic acids is 1. The molecule has 0 heterocycles. The molecule has 5 heteroatoms. The van der Waals surface area contributed by atoms with Gasteiger partial charge < -0.3 is 4.79 Å². The lowest BCUT2D eigenvalue weighted by molar-refractivity contribution is -0.193. The van der Waals surface area contributed by atoms with Gasteiger partial charge in [-0.3, -0.25) is 0 Å². The van der Waals surface area contributed by atoms with Crippen LogP contribution in [0.15, 0.2) is 0 Å². The molecule has 1 aliphatic carbocycles. The van der Waals surface area contributed by atoms with Crippen molar-refractivity contribution >= 4 is 6.29 Å². The molecule has 1 saturated carbocycles. The molecule has 0 aliphatic heterocycles. The van der Waals surface area contributed by atoms with Crippen LogP contribution in [0.1, 0.15) is 13.3 Å². The minimum Gasteiger partial charge on any atom is -0.302 e. The second-order valence-electron chi connectivity index (χ2n) is 2.96. The molecular weight excluding hydrogens is 164 g/mol. The van der Waals surface area contributed by atoms with Crippen molar-refractivity contribution in [1.82, 2.24) is 0 Å². The van der Waals surface area contributed by atoms with E-state index >= 15 is 0 Å². The summed E-state index contributed by atoms with van der Waals surface area (Å²) in [5.41, 5.74) is -5.12. The fraction of sp³-hybridized carbons (Fsp3) is 0.833. The lowest BCUT2D eigenvalue weighted by atomic mass is 10.1. The molecule has 2 atom stereocenters. The van der Waals surface area contributed by atoms with Crippen molar-refractivity contribution in [3.05, 3.63) is 0 Å². The number of rotatable bonds is 1. The normalized spacial score (nSPS) is 43.7. The van der Waals surface area contributed by atoms with E-state index in [0.29, 0.717) is 0 Å². The second kappa shape index (κ2) is 1.76. The molecule has 64 valence electrons. The van der Waals surface area contributed by atoms with Gasteiger partial charge in [0.2, 0.25) is 0 Å². The molecule has 1 nitrogen and oxygen atoms in total. The Balaban J connectivity index is 2.93.